The van der Waals surface area contributed by atoms with E-state index in [1.165, 1.54) is 0 Å². The van der Waals surface area contributed by atoms with Crippen molar-refractivity contribution in [3.05, 3.63) is 39.9 Å². The monoisotopic (exact) mass is 275 g/mol. The van der Waals surface area contributed by atoms with Crippen molar-refractivity contribution in [2.75, 3.05) is 7.11 Å². The number of methoxy groups -OCH3 is 1. The first kappa shape index (κ1) is 13.1. The van der Waals surface area contributed by atoms with Gasteiger partial charge in [-0.1, -0.05) is 18.6 Å². The average Bonchev–Trinajstić information content (AvgIpc) is 3.12. The molecule has 0 radical (unpaired) electrons. The molecule has 0 bridgehead atoms. The molecule has 5 heteroatoms. The fourth-order valence-electron chi connectivity index (χ4n) is 3.76. The second kappa shape index (κ2) is 4.58. The maximum Gasteiger partial charge on any atom is 0.234 e. The molecule has 3 rings (SSSR count). The van der Waals surface area contributed by atoms with Crippen LogP contribution in [0, 0.1) is 15.5 Å². The Morgan fingerprint density at radius 3 is 2.85 bits per heavy atom. The highest BCUT2D eigenvalue weighted by Gasteiger charge is 2.77. The van der Waals surface area contributed by atoms with Crippen LogP contribution in [-0.4, -0.2) is 23.9 Å². The van der Waals surface area contributed by atoms with Gasteiger partial charge in [0, 0.05) is 11.3 Å². The number of hydrogen-bond donors (Lipinski definition) is 0. The average molecular weight is 275 g/mol. The van der Waals surface area contributed by atoms with Gasteiger partial charge in [0.25, 0.3) is 0 Å². The van der Waals surface area contributed by atoms with Crippen LogP contribution in [0.1, 0.15) is 37.2 Å². The second-order valence-electron chi connectivity index (χ2n) is 5.66. The summed E-state index contributed by atoms with van der Waals surface area (Å²) in [6.07, 6.45) is 2.87. The fraction of sp³-hybridized carbons (Fsp3) is 0.533. The lowest BCUT2D eigenvalue weighted by atomic mass is 9.81. The molecule has 2 fully saturated rings. The van der Waals surface area contributed by atoms with E-state index in [0.717, 1.165) is 18.4 Å². The van der Waals surface area contributed by atoms with Crippen molar-refractivity contribution < 1.29 is 14.5 Å². The summed E-state index contributed by atoms with van der Waals surface area (Å²) in [4.78, 5) is 23.4. The molecule has 1 aromatic carbocycles. The molecule has 0 amide bonds. The fourth-order valence-corrected chi connectivity index (χ4v) is 3.76. The van der Waals surface area contributed by atoms with Crippen molar-refractivity contribution >= 4 is 5.78 Å². The van der Waals surface area contributed by atoms with Crippen LogP contribution < -0.4 is 4.74 Å². The van der Waals surface area contributed by atoms with Crippen molar-refractivity contribution in [2.45, 2.75) is 37.6 Å². The third kappa shape index (κ3) is 1.72. The molecule has 2 aliphatic carbocycles. The number of nitro groups is 1. The minimum Gasteiger partial charge on any atom is -0.497 e. The van der Waals surface area contributed by atoms with Gasteiger partial charge >= 0.3 is 0 Å². The van der Waals surface area contributed by atoms with Crippen LogP contribution in [0.3, 0.4) is 0 Å². The van der Waals surface area contributed by atoms with Crippen LogP contribution in [0.4, 0.5) is 0 Å². The summed E-state index contributed by atoms with van der Waals surface area (Å²) >= 11 is 0. The Hall–Kier alpha value is -1.91. The normalized spacial score (nSPS) is 32.1. The minimum atomic E-state index is -0.762. The number of ether oxygens (including phenoxy) is 1. The molecule has 0 heterocycles. The first-order valence-electron chi connectivity index (χ1n) is 6.92. The molecule has 3 atom stereocenters. The Labute approximate surface area is 117 Å². The predicted octanol–water partition coefficient (Wildman–Crippen LogP) is 2.57. The van der Waals surface area contributed by atoms with Crippen LogP contribution >= 0.6 is 0 Å². The lowest BCUT2D eigenvalue weighted by Crippen LogP contribution is -2.27. The molecule has 0 aromatic heterocycles. The van der Waals surface area contributed by atoms with E-state index in [0.29, 0.717) is 18.6 Å². The van der Waals surface area contributed by atoms with Gasteiger partial charge in [0.05, 0.1) is 13.0 Å². The quantitative estimate of drug-likeness (QED) is 0.628. The van der Waals surface area contributed by atoms with E-state index >= 15 is 0 Å². The number of nitrogens with zero attached hydrogens (tertiary/aromatic N) is 1. The number of carbonyl (C=O) groups is 1. The van der Waals surface area contributed by atoms with Gasteiger partial charge in [0.2, 0.25) is 6.04 Å². The van der Waals surface area contributed by atoms with E-state index in [2.05, 4.69) is 0 Å². The Balaban J connectivity index is 1.99. The van der Waals surface area contributed by atoms with Gasteiger partial charge in [0.1, 0.15) is 16.9 Å². The van der Waals surface area contributed by atoms with Gasteiger partial charge in [-0.15, -0.1) is 0 Å². The SMILES string of the molecule is COc1cccc([C@@H]2[C@@H]([N+](=O)[O-])[C@@]23CCCCC3=O)c1. The van der Waals surface area contributed by atoms with Crippen LogP contribution in [-0.2, 0) is 4.79 Å². The summed E-state index contributed by atoms with van der Waals surface area (Å²) in [6, 6.07) is 6.55. The molecule has 106 valence electrons. The van der Waals surface area contributed by atoms with Crippen LogP contribution in [0.15, 0.2) is 24.3 Å². The topological polar surface area (TPSA) is 69.4 Å². The van der Waals surface area contributed by atoms with Crippen molar-refractivity contribution in [3.63, 3.8) is 0 Å². The second-order valence-corrected chi connectivity index (χ2v) is 5.66. The Kier molecular flexibility index (Phi) is 3.00. The number of benzene rings is 1. The van der Waals surface area contributed by atoms with Crippen molar-refractivity contribution in [3.8, 4) is 5.75 Å². The van der Waals surface area contributed by atoms with Crippen molar-refractivity contribution in [1.82, 2.24) is 0 Å². The molecular weight excluding hydrogens is 258 g/mol. The highest BCUT2D eigenvalue weighted by atomic mass is 16.6. The molecule has 0 aliphatic heterocycles. The van der Waals surface area contributed by atoms with Crippen LogP contribution in [0.2, 0.25) is 0 Å². The summed E-state index contributed by atoms with van der Waals surface area (Å²) in [5, 5.41) is 11.3. The van der Waals surface area contributed by atoms with E-state index in [9.17, 15) is 14.9 Å². The van der Waals surface area contributed by atoms with Gasteiger partial charge in [-0.3, -0.25) is 14.9 Å². The maximum atomic E-state index is 12.3. The first-order valence-corrected chi connectivity index (χ1v) is 6.92. The third-order valence-corrected chi connectivity index (χ3v) is 4.73. The Morgan fingerprint density at radius 1 is 1.40 bits per heavy atom. The van der Waals surface area contributed by atoms with Gasteiger partial charge < -0.3 is 4.74 Å². The molecule has 1 aromatic rings. The molecule has 5 nitrogen and oxygen atoms in total. The predicted molar refractivity (Wildman–Crippen MR) is 72.4 cm³/mol. The summed E-state index contributed by atoms with van der Waals surface area (Å²) in [5.41, 5.74) is 0.0926. The van der Waals surface area contributed by atoms with Crippen molar-refractivity contribution in [2.24, 2.45) is 5.41 Å². The standard InChI is InChI=1S/C15H17NO4/c1-20-11-6-4-5-10(9-11)13-14(16(18)19)15(13)8-3-2-7-12(15)17/h4-6,9,13-14H,2-3,7-8H2,1H3/t13-,14-,15-/m1/s1. The highest BCUT2D eigenvalue weighted by Crippen LogP contribution is 2.66. The minimum absolute atomic E-state index is 0.0678. The molecule has 0 N–H and O–H groups in total. The number of Topliss-reactive ketones (excluding diaryl/α,β-unsaturated/α-hetero) is 1. The number of ketones is 1. The zero-order valence-electron chi connectivity index (χ0n) is 11.4. The molecule has 0 unspecified atom stereocenters. The molecule has 0 saturated heterocycles. The lowest BCUT2D eigenvalue weighted by Gasteiger charge is -2.19. The van der Waals surface area contributed by atoms with Gasteiger partial charge in [-0.05, 0) is 30.5 Å². The van der Waals surface area contributed by atoms with Crippen molar-refractivity contribution in [1.29, 1.82) is 0 Å². The molecule has 2 saturated carbocycles. The van der Waals surface area contributed by atoms with Crippen LogP contribution in [0.5, 0.6) is 5.75 Å². The van der Waals surface area contributed by atoms with E-state index < -0.39 is 11.5 Å². The van der Waals surface area contributed by atoms with E-state index in [4.69, 9.17) is 4.74 Å². The summed E-state index contributed by atoms with van der Waals surface area (Å²) in [7, 11) is 1.57. The molecule has 1 spiro atoms. The lowest BCUT2D eigenvalue weighted by molar-refractivity contribution is -0.502. The number of carbonyl (C=O) groups excluding carboxylic acids is 1. The van der Waals surface area contributed by atoms with Crippen LogP contribution in [0.25, 0.3) is 0 Å². The summed E-state index contributed by atoms with van der Waals surface area (Å²) in [5.74, 6) is 0.452. The Bertz CT molecular complexity index is 571. The number of rotatable bonds is 3. The van der Waals surface area contributed by atoms with E-state index in [1.807, 2.05) is 24.3 Å². The highest BCUT2D eigenvalue weighted by molar-refractivity contribution is 5.91. The molecule has 20 heavy (non-hydrogen) atoms. The molecule has 2 aliphatic rings. The van der Waals surface area contributed by atoms with Gasteiger partial charge in [0.15, 0.2) is 0 Å². The Morgan fingerprint density at radius 2 is 2.20 bits per heavy atom. The summed E-state index contributed by atoms with van der Waals surface area (Å²) in [6.45, 7) is 0. The third-order valence-electron chi connectivity index (χ3n) is 4.73. The van der Waals surface area contributed by atoms with Gasteiger partial charge in [-0.2, -0.15) is 0 Å². The molecular formula is C15H17NO4. The zero-order valence-corrected chi connectivity index (χ0v) is 11.4. The zero-order chi connectivity index (χ0) is 14.3. The van der Waals surface area contributed by atoms with Gasteiger partial charge in [-0.25, -0.2) is 0 Å². The first-order chi connectivity index (χ1) is 9.61. The smallest absolute Gasteiger partial charge is 0.234 e. The van der Waals surface area contributed by atoms with E-state index in [1.54, 1.807) is 7.11 Å². The summed E-state index contributed by atoms with van der Waals surface area (Å²) < 4.78 is 5.18. The van der Waals surface area contributed by atoms with E-state index in [-0.39, 0.29) is 16.6 Å². The largest absolute Gasteiger partial charge is 0.497 e. The number of hydrogen-bond acceptors (Lipinski definition) is 4. The maximum absolute atomic E-state index is 12.3.